The number of likely N-dealkylation sites (tertiary alicyclic amines) is 1. The van der Waals surface area contributed by atoms with Gasteiger partial charge in [-0.1, -0.05) is 0 Å². The van der Waals surface area contributed by atoms with Crippen LogP contribution in [0.25, 0.3) is 0 Å². The van der Waals surface area contributed by atoms with E-state index in [1.165, 1.54) is 0 Å². The lowest BCUT2D eigenvalue weighted by Gasteiger charge is -2.33. The molecule has 1 N–H and O–H groups in total. The molecule has 7 heteroatoms. The molecule has 0 aromatic carbocycles. The third kappa shape index (κ3) is 9.07. The van der Waals surface area contributed by atoms with Crippen molar-refractivity contribution in [1.29, 1.82) is 0 Å². The van der Waals surface area contributed by atoms with Gasteiger partial charge in [0.1, 0.15) is 11.7 Å². The highest BCUT2D eigenvalue weighted by atomic mass is 16.6. The number of nitrogens with zero attached hydrogens (tertiary/aromatic N) is 1. The maximum atomic E-state index is 12.4. The van der Waals surface area contributed by atoms with Crippen LogP contribution in [0.2, 0.25) is 0 Å². The number of carbonyl (C=O) groups is 2. The number of amides is 2. The predicted octanol–water partition coefficient (Wildman–Crippen LogP) is 2.19. The number of ether oxygens (including phenoxy) is 3. The first-order chi connectivity index (χ1) is 11.7. The maximum absolute atomic E-state index is 12.4. The molecule has 1 aliphatic heterocycles. The average molecular weight is 358 g/mol. The van der Waals surface area contributed by atoms with Gasteiger partial charge in [0.05, 0.1) is 13.2 Å². The molecule has 1 rings (SSSR count). The van der Waals surface area contributed by atoms with Crippen LogP contribution in [0.3, 0.4) is 0 Å². The fourth-order valence-corrected chi connectivity index (χ4v) is 2.66. The van der Waals surface area contributed by atoms with E-state index in [4.69, 9.17) is 14.2 Å². The summed E-state index contributed by atoms with van der Waals surface area (Å²) in [6.07, 6.45) is 0.902. The molecule has 1 unspecified atom stereocenters. The Morgan fingerprint density at radius 1 is 1.20 bits per heavy atom. The first kappa shape index (κ1) is 21.7. The topological polar surface area (TPSA) is 77.1 Å². The Morgan fingerprint density at radius 3 is 2.40 bits per heavy atom. The fourth-order valence-electron chi connectivity index (χ4n) is 2.66. The van der Waals surface area contributed by atoms with Gasteiger partial charge in [0.2, 0.25) is 0 Å². The second-order valence-electron chi connectivity index (χ2n) is 7.36. The molecule has 0 spiro atoms. The molecule has 25 heavy (non-hydrogen) atoms. The maximum Gasteiger partial charge on any atom is 0.407 e. The van der Waals surface area contributed by atoms with Crippen molar-refractivity contribution in [2.75, 3.05) is 39.5 Å². The van der Waals surface area contributed by atoms with Gasteiger partial charge in [-0.25, -0.2) is 4.79 Å². The monoisotopic (exact) mass is 358 g/mol. The van der Waals surface area contributed by atoms with Crippen LogP contribution < -0.4 is 5.32 Å². The van der Waals surface area contributed by atoms with E-state index in [-0.39, 0.29) is 12.0 Å². The number of rotatable bonds is 8. The molecule has 1 saturated heterocycles. The minimum atomic E-state index is -0.488. The minimum absolute atomic E-state index is 0.0232. The molecule has 1 heterocycles. The standard InChI is InChI=1S/C18H34N2O5/c1-6-23-11-12-24-14(2)16(21)20-9-7-15(8-10-20)13-19-17(22)25-18(3,4)5/h14-15H,6-13H2,1-5H3,(H,19,22). The molecule has 1 fully saturated rings. The van der Waals surface area contributed by atoms with Gasteiger partial charge in [0.25, 0.3) is 5.91 Å². The zero-order valence-electron chi connectivity index (χ0n) is 16.3. The minimum Gasteiger partial charge on any atom is -0.444 e. The molecule has 0 aliphatic carbocycles. The van der Waals surface area contributed by atoms with Gasteiger partial charge in [-0.15, -0.1) is 0 Å². The summed E-state index contributed by atoms with van der Waals surface area (Å²) in [5, 5.41) is 2.81. The van der Waals surface area contributed by atoms with E-state index < -0.39 is 11.7 Å². The van der Waals surface area contributed by atoms with Crippen LogP contribution in [-0.2, 0) is 19.0 Å². The lowest BCUT2D eigenvalue weighted by atomic mass is 9.96. The van der Waals surface area contributed by atoms with E-state index in [1.807, 2.05) is 32.6 Å². The molecule has 2 amide bonds. The first-order valence-electron chi connectivity index (χ1n) is 9.18. The van der Waals surface area contributed by atoms with Gasteiger partial charge in [-0.3, -0.25) is 4.79 Å². The van der Waals surface area contributed by atoms with E-state index in [0.717, 1.165) is 12.8 Å². The van der Waals surface area contributed by atoms with Crippen molar-refractivity contribution >= 4 is 12.0 Å². The Hall–Kier alpha value is -1.34. The van der Waals surface area contributed by atoms with Gasteiger partial charge < -0.3 is 24.4 Å². The van der Waals surface area contributed by atoms with Gasteiger partial charge in [-0.2, -0.15) is 0 Å². The lowest BCUT2D eigenvalue weighted by molar-refractivity contribution is -0.144. The number of piperidine rings is 1. The second-order valence-corrected chi connectivity index (χ2v) is 7.36. The number of alkyl carbamates (subject to hydrolysis) is 1. The molecular weight excluding hydrogens is 324 g/mol. The Kier molecular flexibility index (Phi) is 9.21. The van der Waals surface area contributed by atoms with Crippen molar-refractivity contribution in [3.63, 3.8) is 0 Å². The summed E-state index contributed by atoms with van der Waals surface area (Å²) in [5.74, 6) is 0.390. The van der Waals surface area contributed by atoms with Gasteiger partial charge in [-0.05, 0) is 53.4 Å². The fraction of sp³-hybridized carbons (Fsp3) is 0.889. The zero-order chi connectivity index (χ0) is 18.9. The van der Waals surface area contributed by atoms with Crippen molar-refractivity contribution in [1.82, 2.24) is 10.2 Å². The summed E-state index contributed by atoms with van der Waals surface area (Å²) in [5.41, 5.74) is -0.488. The lowest BCUT2D eigenvalue weighted by Crippen LogP contribution is -2.46. The Labute approximate surface area is 151 Å². The van der Waals surface area contributed by atoms with Crippen LogP contribution >= 0.6 is 0 Å². The third-order valence-electron chi connectivity index (χ3n) is 4.01. The van der Waals surface area contributed by atoms with Crippen LogP contribution in [0.4, 0.5) is 4.79 Å². The smallest absolute Gasteiger partial charge is 0.407 e. The summed E-state index contributed by atoms with van der Waals surface area (Å²) in [4.78, 5) is 25.9. The third-order valence-corrected chi connectivity index (χ3v) is 4.01. The van der Waals surface area contributed by atoms with Crippen LogP contribution in [-0.4, -0.2) is 68.1 Å². The van der Waals surface area contributed by atoms with E-state index >= 15 is 0 Å². The molecule has 7 nitrogen and oxygen atoms in total. The molecule has 0 aromatic heterocycles. The van der Waals surface area contributed by atoms with Crippen LogP contribution in [0.1, 0.15) is 47.5 Å². The number of carbonyl (C=O) groups excluding carboxylic acids is 2. The summed E-state index contributed by atoms with van der Waals surface area (Å²) in [6.45, 7) is 12.8. The summed E-state index contributed by atoms with van der Waals surface area (Å²) < 4.78 is 16.0. The van der Waals surface area contributed by atoms with Gasteiger partial charge in [0, 0.05) is 26.2 Å². The predicted molar refractivity (Wildman–Crippen MR) is 95.4 cm³/mol. The summed E-state index contributed by atoms with van der Waals surface area (Å²) in [7, 11) is 0. The van der Waals surface area contributed by atoms with Crippen LogP contribution in [0.5, 0.6) is 0 Å². The van der Waals surface area contributed by atoms with E-state index in [2.05, 4.69) is 5.32 Å². The largest absolute Gasteiger partial charge is 0.444 e. The van der Waals surface area contributed by atoms with Gasteiger partial charge in [0.15, 0.2) is 0 Å². The van der Waals surface area contributed by atoms with E-state index in [0.29, 0.717) is 45.4 Å². The Balaban J connectivity index is 2.24. The molecule has 0 radical (unpaired) electrons. The van der Waals surface area contributed by atoms with E-state index in [9.17, 15) is 9.59 Å². The molecule has 146 valence electrons. The second kappa shape index (κ2) is 10.6. The van der Waals surface area contributed by atoms with Crippen LogP contribution in [0.15, 0.2) is 0 Å². The molecule has 1 aliphatic rings. The zero-order valence-corrected chi connectivity index (χ0v) is 16.3. The highest BCUT2D eigenvalue weighted by Crippen LogP contribution is 2.18. The first-order valence-corrected chi connectivity index (χ1v) is 9.18. The van der Waals surface area contributed by atoms with Crippen molar-refractivity contribution in [2.45, 2.75) is 59.2 Å². The van der Waals surface area contributed by atoms with Crippen LogP contribution in [0, 0.1) is 5.92 Å². The highest BCUT2D eigenvalue weighted by molar-refractivity contribution is 5.80. The Bertz CT molecular complexity index is 414. The number of hydrogen-bond acceptors (Lipinski definition) is 5. The molecule has 0 saturated carbocycles. The van der Waals surface area contributed by atoms with Crippen molar-refractivity contribution in [3.8, 4) is 0 Å². The number of nitrogens with one attached hydrogen (secondary N) is 1. The quantitative estimate of drug-likeness (QED) is 0.673. The SMILES string of the molecule is CCOCCOC(C)C(=O)N1CCC(CNC(=O)OC(C)(C)C)CC1. The molecule has 0 bridgehead atoms. The molecule has 0 aromatic rings. The average Bonchev–Trinajstić information content (AvgIpc) is 2.55. The van der Waals surface area contributed by atoms with Gasteiger partial charge >= 0.3 is 6.09 Å². The van der Waals surface area contributed by atoms with E-state index in [1.54, 1.807) is 6.92 Å². The van der Waals surface area contributed by atoms with Crippen molar-refractivity contribution in [2.24, 2.45) is 5.92 Å². The number of hydrogen-bond donors (Lipinski definition) is 1. The van der Waals surface area contributed by atoms with Crippen molar-refractivity contribution < 1.29 is 23.8 Å². The summed E-state index contributed by atoms with van der Waals surface area (Å²) >= 11 is 0. The summed E-state index contributed by atoms with van der Waals surface area (Å²) in [6, 6.07) is 0. The highest BCUT2D eigenvalue weighted by Gasteiger charge is 2.27. The molecule has 1 atom stereocenters. The molecular formula is C18H34N2O5. The van der Waals surface area contributed by atoms with Crippen molar-refractivity contribution in [3.05, 3.63) is 0 Å². The normalized spacial score (nSPS) is 17.2. The Morgan fingerprint density at radius 2 is 1.84 bits per heavy atom.